The Kier molecular flexibility index (Phi) is 3.83. The molecule has 0 saturated carbocycles. The number of carbonyl (C=O) groups excluding carboxylic acids is 1. The number of aryl methyl sites for hydroxylation is 2. The van der Waals surface area contributed by atoms with E-state index in [4.69, 9.17) is 4.98 Å². The van der Waals surface area contributed by atoms with Gasteiger partial charge in [0, 0.05) is 36.2 Å². The van der Waals surface area contributed by atoms with E-state index < -0.39 is 0 Å². The third kappa shape index (κ3) is 2.64. The number of imidazole rings is 1. The molecule has 0 atom stereocenters. The molecule has 0 saturated heterocycles. The molecule has 26 heavy (non-hydrogen) atoms. The fraction of sp³-hybridized carbons (Fsp3) is 0.300. The van der Waals surface area contributed by atoms with Crippen molar-refractivity contribution in [2.75, 3.05) is 5.32 Å². The second-order valence-electron chi connectivity index (χ2n) is 7.00. The van der Waals surface area contributed by atoms with Gasteiger partial charge in [0.25, 0.3) is 5.91 Å². The summed E-state index contributed by atoms with van der Waals surface area (Å²) in [5.74, 6) is 0.972. The molecule has 5 nitrogen and oxygen atoms in total. The summed E-state index contributed by atoms with van der Waals surface area (Å²) < 4.78 is 3.16. The van der Waals surface area contributed by atoms with Crippen molar-refractivity contribution in [1.29, 1.82) is 0 Å². The highest BCUT2D eigenvalue weighted by Crippen LogP contribution is 2.29. The number of anilines is 1. The molecule has 1 aromatic heterocycles. The number of hydrogen-bond donors (Lipinski definition) is 2. The van der Waals surface area contributed by atoms with Crippen LogP contribution in [0.3, 0.4) is 0 Å². The van der Waals surface area contributed by atoms with Crippen LogP contribution in [0, 0.1) is 0 Å². The van der Waals surface area contributed by atoms with Crippen molar-refractivity contribution in [3.8, 4) is 0 Å². The summed E-state index contributed by atoms with van der Waals surface area (Å²) in [5, 5.41) is 6.38. The van der Waals surface area contributed by atoms with Gasteiger partial charge in [-0.15, -0.1) is 0 Å². The highest BCUT2D eigenvalue weighted by Gasteiger charge is 2.21. The predicted octanol–water partition coefficient (Wildman–Crippen LogP) is 3.99. The van der Waals surface area contributed by atoms with Gasteiger partial charge in [-0.05, 0) is 48.2 Å². The molecule has 2 aromatic carbocycles. The number of carbonyl (C=O) groups is 1. The van der Waals surface area contributed by atoms with Crippen molar-refractivity contribution in [2.45, 2.75) is 38.9 Å². The fourth-order valence-corrected chi connectivity index (χ4v) is 4.42. The van der Waals surface area contributed by atoms with Crippen LogP contribution >= 0.6 is 15.9 Å². The number of rotatable bonds is 2. The van der Waals surface area contributed by atoms with Crippen LogP contribution in [-0.4, -0.2) is 15.5 Å². The lowest BCUT2D eigenvalue weighted by Gasteiger charge is -2.14. The first kappa shape index (κ1) is 16.0. The van der Waals surface area contributed by atoms with E-state index in [1.54, 1.807) is 0 Å². The lowest BCUT2D eigenvalue weighted by Crippen LogP contribution is -2.13. The molecule has 3 aromatic rings. The maximum atomic E-state index is 13.0. The number of benzene rings is 2. The smallest absolute Gasteiger partial charge is 0.257 e. The van der Waals surface area contributed by atoms with Gasteiger partial charge in [-0.1, -0.05) is 22.0 Å². The van der Waals surface area contributed by atoms with E-state index in [0.29, 0.717) is 5.56 Å². The number of nitrogens with zero attached hydrogens (tertiary/aromatic N) is 2. The maximum absolute atomic E-state index is 13.0. The maximum Gasteiger partial charge on any atom is 0.257 e. The van der Waals surface area contributed by atoms with E-state index >= 15 is 0 Å². The number of halogens is 1. The first-order valence-corrected chi connectivity index (χ1v) is 9.81. The summed E-state index contributed by atoms with van der Waals surface area (Å²) in [4.78, 5) is 17.8. The molecule has 2 aliphatic heterocycles. The number of fused-ring (bicyclic) bond motifs is 4. The minimum absolute atomic E-state index is 0.113. The van der Waals surface area contributed by atoms with E-state index in [-0.39, 0.29) is 5.91 Å². The highest BCUT2D eigenvalue weighted by molar-refractivity contribution is 9.10. The molecule has 0 bridgehead atoms. The van der Waals surface area contributed by atoms with Crippen LogP contribution in [0.25, 0.3) is 11.0 Å². The fourth-order valence-electron chi connectivity index (χ4n) is 3.97. The molecule has 0 unspecified atom stereocenters. The Morgan fingerprint density at radius 3 is 2.96 bits per heavy atom. The largest absolute Gasteiger partial charge is 0.328 e. The Bertz CT molecular complexity index is 1040. The van der Waals surface area contributed by atoms with Crippen molar-refractivity contribution in [3.05, 3.63) is 57.3 Å². The molecule has 0 radical (unpaired) electrons. The zero-order valence-corrected chi connectivity index (χ0v) is 15.9. The third-order valence-electron chi connectivity index (χ3n) is 5.27. The Hall–Kier alpha value is -2.18. The Morgan fingerprint density at radius 2 is 2.04 bits per heavy atom. The molecule has 0 aliphatic carbocycles. The monoisotopic (exact) mass is 410 g/mol. The van der Waals surface area contributed by atoms with Crippen LogP contribution in [0.15, 0.2) is 34.8 Å². The molecule has 2 N–H and O–H groups in total. The molecule has 132 valence electrons. The summed E-state index contributed by atoms with van der Waals surface area (Å²) in [6.07, 6.45) is 3.30. The average Bonchev–Trinajstić information content (AvgIpc) is 3.25. The van der Waals surface area contributed by atoms with Crippen molar-refractivity contribution >= 4 is 38.6 Å². The van der Waals surface area contributed by atoms with Gasteiger partial charge in [-0.25, -0.2) is 4.98 Å². The summed E-state index contributed by atoms with van der Waals surface area (Å²) >= 11 is 3.56. The Balaban J connectivity index is 1.53. The van der Waals surface area contributed by atoms with Gasteiger partial charge in [0.15, 0.2) is 0 Å². The number of aromatic nitrogens is 2. The lowest BCUT2D eigenvalue weighted by atomic mass is 10.1. The number of amides is 1. The van der Waals surface area contributed by atoms with E-state index in [2.05, 4.69) is 49.3 Å². The Morgan fingerprint density at radius 1 is 1.15 bits per heavy atom. The highest BCUT2D eigenvalue weighted by atomic mass is 79.9. The molecular weight excluding hydrogens is 392 g/mol. The molecule has 0 spiro atoms. The van der Waals surface area contributed by atoms with Gasteiger partial charge in [-0.2, -0.15) is 0 Å². The van der Waals surface area contributed by atoms with Gasteiger partial charge in [0.1, 0.15) is 11.3 Å². The first-order valence-electron chi connectivity index (χ1n) is 9.01. The quantitative estimate of drug-likeness (QED) is 0.671. The predicted molar refractivity (Wildman–Crippen MR) is 105 cm³/mol. The standard InChI is InChI=1S/C20H19BrN4O/c21-14-8-16(19-17(9-14)25-6-2-1-3-18(25)24-19)20(26)23-15-5-4-12-10-22-11-13(12)7-15/h4-5,7-9,22H,1-3,6,10-11H2,(H,23,26). The number of hydrogen-bond acceptors (Lipinski definition) is 3. The van der Waals surface area contributed by atoms with Crippen LogP contribution in [0.5, 0.6) is 0 Å². The van der Waals surface area contributed by atoms with Crippen molar-refractivity contribution < 1.29 is 4.79 Å². The van der Waals surface area contributed by atoms with E-state index in [9.17, 15) is 4.79 Å². The summed E-state index contributed by atoms with van der Waals surface area (Å²) in [7, 11) is 0. The van der Waals surface area contributed by atoms with Gasteiger partial charge >= 0.3 is 0 Å². The van der Waals surface area contributed by atoms with Crippen molar-refractivity contribution in [2.24, 2.45) is 0 Å². The average molecular weight is 411 g/mol. The normalized spacial score (nSPS) is 15.7. The molecule has 6 heteroatoms. The summed E-state index contributed by atoms with van der Waals surface area (Å²) in [6.45, 7) is 2.73. The lowest BCUT2D eigenvalue weighted by molar-refractivity contribution is 0.102. The SMILES string of the molecule is O=C(Nc1ccc2c(c1)CNC2)c1cc(Br)cc2c1nc1n2CCCC1. The van der Waals surface area contributed by atoms with Crippen LogP contribution in [0.1, 0.15) is 40.2 Å². The van der Waals surface area contributed by atoms with Gasteiger partial charge in [0.2, 0.25) is 0 Å². The first-order chi connectivity index (χ1) is 12.7. The topological polar surface area (TPSA) is 59.0 Å². The van der Waals surface area contributed by atoms with Gasteiger partial charge in [-0.3, -0.25) is 4.79 Å². The third-order valence-corrected chi connectivity index (χ3v) is 5.73. The van der Waals surface area contributed by atoms with Crippen LogP contribution in [-0.2, 0) is 26.1 Å². The van der Waals surface area contributed by atoms with Crippen LogP contribution < -0.4 is 10.6 Å². The minimum Gasteiger partial charge on any atom is -0.328 e. The summed E-state index contributed by atoms with van der Waals surface area (Å²) in [5.41, 5.74) is 5.83. The zero-order valence-electron chi connectivity index (χ0n) is 14.3. The van der Waals surface area contributed by atoms with Gasteiger partial charge in [0.05, 0.1) is 11.1 Å². The Labute approximate surface area is 159 Å². The van der Waals surface area contributed by atoms with Crippen molar-refractivity contribution in [1.82, 2.24) is 14.9 Å². The zero-order chi connectivity index (χ0) is 17.7. The molecular formula is C20H19BrN4O. The van der Waals surface area contributed by atoms with E-state index in [1.165, 1.54) is 11.1 Å². The summed E-state index contributed by atoms with van der Waals surface area (Å²) in [6, 6.07) is 10.0. The van der Waals surface area contributed by atoms with E-state index in [1.807, 2.05) is 12.1 Å². The molecule has 2 aliphatic rings. The van der Waals surface area contributed by atoms with Gasteiger partial charge < -0.3 is 15.2 Å². The second-order valence-corrected chi connectivity index (χ2v) is 7.91. The van der Waals surface area contributed by atoms with E-state index in [0.717, 1.165) is 65.9 Å². The van der Waals surface area contributed by atoms with Crippen LogP contribution in [0.4, 0.5) is 5.69 Å². The minimum atomic E-state index is -0.113. The van der Waals surface area contributed by atoms with Crippen molar-refractivity contribution in [3.63, 3.8) is 0 Å². The second kappa shape index (κ2) is 6.21. The number of nitrogens with one attached hydrogen (secondary N) is 2. The molecule has 0 fully saturated rings. The molecule has 5 rings (SSSR count). The van der Waals surface area contributed by atoms with Crippen LogP contribution in [0.2, 0.25) is 0 Å². The molecule has 3 heterocycles. The molecule has 1 amide bonds.